The number of hydrogen-bond acceptors (Lipinski definition) is 2. The smallest absolute Gasteiger partial charge is 0.142 e. The molecule has 0 aliphatic rings. The molecular formula is C13H8BrClFNOS. The van der Waals surface area contributed by atoms with Crippen molar-refractivity contribution in [2.45, 2.75) is 0 Å². The van der Waals surface area contributed by atoms with E-state index >= 15 is 0 Å². The summed E-state index contributed by atoms with van der Waals surface area (Å²) in [4.78, 5) is 0.295. The zero-order valence-electron chi connectivity index (χ0n) is 9.49. The lowest BCUT2D eigenvalue weighted by atomic mass is 10.2. The molecule has 2 aromatic carbocycles. The lowest BCUT2D eigenvalue weighted by Crippen LogP contribution is -2.09. The third-order valence-corrected chi connectivity index (χ3v) is 3.50. The number of hydrogen-bond donors (Lipinski definition) is 1. The first kappa shape index (κ1) is 14.2. The maximum absolute atomic E-state index is 13.0. The first-order chi connectivity index (χ1) is 8.97. The molecule has 0 atom stereocenters. The third-order valence-electron chi connectivity index (χ3n) is 2.33. The van der Waals surface area contributed by atoms with Crippen molar-refractivity contribution in [3.8, 4) is 11.5 Å². The Hall–Kier alpha value is -1.17. The van der Waals surface area contributed by atoms with Crippen LogP contribution in [0, 0.1) is 5.82 Å². The molecule has 0 aromatic heterocycles. The van der Waals surface area contributed by atoms with E-state index in [2.05, 4.69) is 15.9 Å². The van der Waals surface area contributed by atoms with Gasteiger partial charge in [-0.3, -0.25) is 0 Å². The summed E-state index contributed by atoms with van der Waals surface area (Å²) in [6, 6.07) is 9.34. The van der Waals surface area contributed by atoms with Crippen LogP contribution in [0.15, 0.2) is 40.9 Å². The van der Waals surface area contributed by atoms with Crippen molar-refractivity contribution in [1.29, 1.82) is 0 Å². The minimum atomic E-state index is -0.487. The normalized spacial score (nSPS) is 10.3. The Labute approximate surface area is 128 Å². The van der Waals surface area contributed by atoms with Gasteiger partial charge in [0.05, 0.1) is 5.02 Å². The van der Waals surface area contributed by atoms with Crippen LogP contribution in [0.3, 0.4) is 0 Å². The van der Waals surface area contributed by atoms with Gasteiger partial charge in [0.2, 0.25) is 0 Å². The van der Waals surface area contributed by atoms with Crippen molar-refractivity contribution in [3.63, 3.8) is 0 Å². The number of rotatable bonds is 3. The molecule has 0 saturated heterocycles. The van der Waals surface area contributed by atoms with Crippen molar-refractivity contribution in [3.05, 3.63) is 57.3 Å². The fourth-order valence-electron chi connectivity index (χ4n) is 1.44. The average molecular weight is 361 g/mol. The highest BCUT2D eigenvalue weighted by atomic mass is 79.9. The highest BCUT2D eigenvalue weighted by Crippen LogP contribution is 2.29. The zero-order valence-corrected chi connectivity index (χ0v) is 12.7. The lowest BCUT2D eigenvalue weighted by Gasteiger charge is -2.08. The van der Waals surface area contributed by atoms with E-state index in [0.29, 0.717) is 16.5 Å². The highest BCUT2D eigenvalue weighted by molar-refractivity contribution is 9.10. The molecule has 0 radical (unpaired) electrons. The first-order valence-corrected chi connectivity index (χ1v) is 6.77. The van der Waals surface area contributed by atoms with Crippen LogP contribution in [0.2, 0.25) is 5.02 Å². The summed E-state index contributed by atoms with van der Waals surface area (Å²) in [7, 11) is 0. The molecule has 19 heavy (non-hydrogen) atoms. The molecule has 0 heterocycles. The van der Waals surface area contributed by atoms with E-state index in [0.717, 1.165) is 10.0 Å². The lowest BCUT2D eigenvalue weighted by molar-refractivity contribution is 0.480. The van der Waals surface area contributed by atoms with E-state index in [1.165, 1.54) is 18.2 Å². The SMILES string of the molecule is NC(=S)c1ccc(Oc2ccc(F)c(Cl)c2)cc1Br. The summed E-state index contributed by atoms with van der Waals surface area (Å²) in [5, 5.41) is 0.0105. The highest BCUT2D eigenvalue weighted by Gasteiger charge is 2.07. The van der Waals surface area contributed by atoms with Crippen LogP contribution in [-0.2, 0) is 0 Å². The second-order valence-corrected chi connectivity index (χ2v) is 5.39. The molecular weight excluding hydrogens is 353 g/mol. The van der Waals surface area contributed by atoms with Gasteiger partial charge < -0.3 is 10.5 Å². The molecule has 2 nitrogen and oxygen atoms in total. The Kier molecular flexibility index (Phi) is 4.39. The molecule has 0 aliphatic heterocycles. The quantitative estimate of drug-likeness (QED) is 0.808. The van der Waals surface area contributed by atoms with Crippen LogP contribution in [0.5, 0.6) is 11.5 Å². The Bertz CT molecular complexity index is 651. The molecule has 0 bridgehead atoms. The van der Waals surface area contributed by atoms with Gasteiger partial charge in [-0.1, -0.05) is 23.8 Å². The molecule has 0 fully saturated rings. The maximum Gasteiger partial charge on any atom is 0.142 e. The fourth-order valence-corrected chi connectivity index (χ4v) is 2.49. The van der Waals surface area contributed by atoms with Crippen LogP contribution in [0.25, 0.3) is 0 Å². The number of thiocarbonyl (C=S) groups is 1. The fraction of sp³-hybridized carbons (Fsp3) is 0. The van der Waals surface area contributed by atoms with Crippen molar-refractivity contribution < 1.29 is 9.13 Å². The molecule has 2 rings (SSSR count). The van der Waals surface area contributed by atoms with Gasteiger partial charge in [-0.25, -0.2) is 4.39 Å². The summed E-state index contributed by atoms with van der Waals surface area (Å²) in [6.45, 7) is 0. The topological polar surface area (TPSA) is 35.2 Å². The Morgan fingerprint density at radius 3 is 2.42 bits per heavy atom. The van der Waals surface area contributed by atoms with Gasteiger partial charge >= 0.3 is 0 Å². The van der Waals surface area contributed by atoms with E-state index in [1.54, 1.807) is 18.2 Å². The van der Waals surface area contributed by atoms with Crippen molar-refractivity contribution >= 4 is 44.7 Å². The predicted molar refractivity (Wildman–Crippen MR) is 81.5 cm³/mol. The monoisotopic (exact) mass is 359 g/mol. The minimum Gasteiger partial charge on any atom is -0.457 e. The van der Waals surface area contributed by atoms with E-state index < -0.39 is 5.82 Å². The van der Waals surface area contributed by atoms with E-state index in [9.17, 15) is 4.39 Å². The van der Waals surface area contributed by atoms with Gasteiger partial charge in [0, 0.05) is 16.1 Å². The summed E-state index contributed by atoms with van der Waals surface area (Å²) >= 11 is 13.9. The molecule has 0 amide bonds. The molecule has 0 aliphatic carbocycles. The van der Waals surface area contributed by atoms with Crippen molar-refractivity contribution in [2.24, 2.45) is 5.73 Å². The number of nitrogens with two attached hydrogens (primary N) is 1. The Morgan fingerprint density at radius 1 is 1.21 bits per heavy atom. The van der Waals surface area contributed by atoms with Gasteiger partial charge in [-0.15, -0.1) is 0 Å². The summed E-state index contributed by atoms with van der Waals surface area (Å²) in [6.07, 6.45) is 0. The second-order valence-electron chi connectivity index (χ2n) is 3.68. The van der Waals surface area contributed by atoms with Gasteiger partial charge in [0.1, 0.15) is 22.3 Å². The van der Waals surface area contributed by atoms with E-state index in [-0.39, 0.29) is 5.02 Å². The largest absolute Gasteiger partial charge is 0.457 e. The van der Waals surface area contributed by atoms with Crippen molar-refractivity contribution in [2.75, 3.05) is 0 Å². The third kappa shape index (κ3) is 3.43. The summed E-state index contributed by atoms with van der Waals surface area (Å²) < 4.78 is 19.3. The second kappa shape index (κ2) is 5.86. The van der Waals surface area contributed by atoms with Gasteiger partial charge in [-0.05, 0) is 46.3 Å². The van der Waals surface area contributed by atoms with Crippen molar-refractivity contribution in [1.82, 2.24) is 0 Å². The minimum absolute atomic E-state index is 0.0105. The van der Waals surface area contributed by atoms with Gasteiger partial charge in [-0.2, -0.15) is 0 Å². The van der Waals surface area contributed by atoms with Crippen LogP contribution >= 0.6 is 39.7 Å². The average Bonchev–Trinajstić information content (AvgIpc) is 2.33. The van der Waals surface area contributed by atoms with Gasteiger partial charge in [0.15, 0.2) is 0 Å². The van der Waals surface area contributed by atoms with Crippen LogP contribution < -0.4 is 10.5 Å². The maximum atomic E-state index is 13.0. The van der Waals surface area contributed by atoms with Crippen LogP contribution in [-0.4, -0.2) is 4.99 Å². The Balaban J connectivity index is 2.26. The van der Waals surface area contributed by atoms with Crippen LogP contribution in [0.4, 0.5) is 4.39 Å². The van der Waals surface area contributed by atoms with Crippen LogP contribution in [0.1, 0.15) is 5.56 Å². The number of benzene rings is 2. The van der Waals surface area contributed by atoms with E-state index in [4.69, 9.17) is 34.3 Å². The molecule has 0 spiro atoms. The first-order valence-electron chi connectivity index (χ1n) is 5.19. The summed E-state index contributed by atoms with van der Waals surface area (Å²) in [5.74, 6) is 0.523. The van der Waals surface area contributed by atoms with E-state index in [1.807, 2.05) is 0 Å². The predicted octanol–water partition coefficient (Wildman–Crippen LogP) is 4.67. The molecule has 98 valence electrons. The Morgan fingerprint density at radius 2 is 1.84 bits per heavy atom. The molecule has 6 heteroatoms. The molecule has 2 N–H and O–H groups in total. The zero-order chi connectivity index (χ0) is 14.0. The summed E-state index contributed by atoms with van der Waals surface area (Å²) in [5.41, 5.74) is 6.28. The number of halogens is 3. The number of ether oxygens (including phenoxy) is 1. The van der Waals surface area contributed by atoms with Gasteiger partial charge in [0.25, 0.3) is 0 Å². The molecule has 2 aromatic rings. The molecule has 0 unspecified atom stereocenters. The standard InChI is InChI=1S/C13H8BrClFNOS/c14-10-5-7(1-3-9(10)13(17)19)18-8-2-4-12(16)11(15)6-8/h1-6H,(H2,17,19). The molecule has 0 saturated carbocycles.